The molecule has 1 fully saturated rings. The summed E-state index contributed by atoms with van der Waals surface area (Å²) in [6, 6.07) is 4.30. The maximum Gasteiger partial charge on any atom is 0.360 e. The minimum absolute atomic E-state index is 0.0354. The van der Waals surface area contributed by atoms with Crippen molar-refractivity contribution in [1.82, 2.24) is 4.90 Å². The van der Waals surface area contributed by atoms with Gasteiger partial charge in [-0.15, -0.1) is 0 Å². The van der Waals surface area contributed by atoms with Crippen molar-refractivity contribution in [2.75, 3.05) is 10.6 Å². The molecule has 1 saturated heterocycles. The first-order chi connectivity index (χ1) is 16.6. The predicted molar refractivity (Wildman–Crippen MR) is 137 cm³/mol. The van der Waals surface area contributed by atoms with Crippen LogP contribution >= 0.6 is 24.8 Å². The van der Waals surface area contributed by atoms with Gasteiger partial charge in [0.2, 0.25) is 17.7 Å². The molecule has 36 heavy (non-hydrogen) atoms. The lowest BCUT2D eigenvalue weighted by Gasteiger charge is -2.45. The summed E-state index contributed by atoms with van der Waals surface area (Å²) in [5.74, 6) is -3.13. The number of amides is 3. The summed E-state index contributed by atoms with van der Waals surface area (Å²) >= 11 is 8.86. The second-order valence-electron chi connectivity index (χ2n) is 8.27. The van der Waals surface area contributed by atoms with E-state index < -0.39 is 80.1 Å². The number of rotatable bonds is 8. The molecule has 12 nitrogen and oxygen atoms in total. The number of hydrogen-bond acceptors (Lipinski definition) is 10. The summed E-state index contributed by atoms with van der Waals surface area (Å²) in [4.78, 5) is 49.4. The molecule has 0 bridgehead atoms. The van der Waals surface area contributed by atoms with Crippen LogP contribution in [0.2, 0.25) is 0 Å². The van der Waals surface area contributed by atoms with Crippen LogP contribution in [-0.2, 0) is 24.5 Å². The van der Waals surface area contributed by atoms with Gasteiger partial charge in [0.25, 0.3) is 4.99 Å². The van der Waals surface area contributed by atoms with Crippen LogP contribution in [0, 0.1) is 6.92 Å². The van der Waals surface area contributed by atoms with Gasteiger partial charge >= 0.3 is 15.7 Å². The van der Waals surface area contributed by atoms with E-state index in [1.165, 1.54) is 25.1 Å². The number of anilines is 2. The van der Waals surface area contributed by atoms with E-state index in [4.69, 9.17) is 10.2 Å². The Labute approximate surface area is 216 Å². The molecule has 2 atom stereocenters. The number of carbonyl (C=O) groups is 3. The number of nitrogens with two attached hydrogens (primary N) is 1. The minimum Gasteiger partial charge on any atom is -0.502 e. The zero-order valence-electron chi connectivity index (χ0n) is 19.1. The average molecular weight is 558 g/mol. The van der Waals surface area contributed by atoms with E-state index in [1.54, 1.807) is 0 Å². The lowest BCUT2D eigenvalue weighted by Crippen LogP contribution is -2.69. The normalized spacial score (nSPS) is 16.7. The highest BCUT2D eigenvalue weighted by atomic mass is 32.2. The molecule has 15 heteroatoms. The van der Waals surface area contributed by atoms with Gasteiger partial charge in [0.05, 0.1) is 0 Å². The Balaban J connectivity index is 2.47. The third-order valence-corrected chi connectivity index (χ3v) is 7.66. The number of aryl methyl sites for hydroxylation is 1. The van der Waals surface area contributed by atoms with Crippen molar-refractivity contribution in [3.8, 4) is 0 Å². The second kappa shape index (κ2) is 9.80. The zero-order valence-corrected chi connectivity index (χ0v) is 21.7. The number of thiocarbonyl (C=S) groups is 1. The van der Waals surface area contributed by atoms with Crippen LogP contribution in [0.3, 0.4) is 0 Å². The topological polar surface area (TPSA) is 189 Å². The molecule has 1 aromatic carbocycles. The molecular weight excluding hydrogens is 534 g/mol. The van der Waals surface area contributed by atoms with Crippen molar-refractivity contribution in [2.45, 2.75) is 49.8 Å². The van der Waals surface area contributed by atoms with Crippen molar-refractivity contribution in [2.24, 2.45) is 0 Å². The molecule has 0 saturated carbocycles. The van der Waals surface area contributed by atoms with E-state index in [1.807, 2.05) is 0 Å². The lowest BCUT2D eigenvalue weighted by atomic mass is 10.1. The summed E-state index contributed by atoms with van der Waals surface area (Å²) in [6.07, 6.45) is -2.10. The third-order valence-electron chi connectivity index (χ3n) is 5.77. The van der Waals surface area contributed by atoms with Gasteiger partial charge in [-0.2, -0.15) is 21.0 Å². The number of nitrogen functional groups attached to an aromatic ring is 1. The highest BCUT2D eigenvalue weighted by molar-refractivity contribution is 7.87. The third kappa shape index (κ3) is 4.70. The number of likely N-dealkylation sites (tertiary alicyclic amines) is 1. The molecule has 0 aliphatic carbocycles. The van der Waals surface area contributed by atoms with Crippen LogP contribution in [0.5, 0.6) is 0 Å². The van der Waals surface area contributed by atoms with Crippen molar-refractivity contribution >= 4 is 80.1 Å². The van der Waals surface area contributed by atoms with Crippen LogP contribution in [0.25, 0.3) is 11.0 Å². The fourth-order valence-electron chi connectivity index (χ4n) is 4.36. The first-order valence-corrected chi connectivity index (χ1v) is 12.8. The number of benzene rings is 1. The van der Waals surface area contributed by atoms with Crippen LogP contribution < -0.4 is 16.3 Å². The Morgan fingerprint density at radius 3 is 2.39 bits per heavy atom. The molecule has 3 amide bonds. The van der Waals surface area contributed by atoms with Crippen molar-refractivity contribution in [3.05, 3.63) is 34.2 Å². The van der Waals surface area contributed by atoms with Crippen LogP contribution in [0.4, 0.5) is 11.4 Å². The van der Waals surface area contributed by atoms with Crippen molar-refractivity contribution in [3.63, 3.8) is 0 Å². The monoisotopic (exact) mass is 557 g/mol. The molecular formula is C21H23N3O9S3. The van der Waals surface area contributed by atoms with E-state index in [0.717, 1.165) is 6.92 Å². The Hall–Kier alpha value is -3.01. The molecule has 1 aliphatic heterocycles. The fourth-order valence-corrected chi connectivity index (χ4v) is 6.54. The number of fused-ring (bicyclic) bond motifs is 1. The maximum atomic E-state index is 13.2. The number of hydrogen-bond donors (Lipinski definition) is 4. The number of aliphatic hydroxyl groups is 1. The molecule has 1 aromatic heterocycles. The number of imide groups is 1. The van der Waals surface area contributed by atoms with Gasteiger partial charge in [-0.25, -0.2) is 9.69 Å². The smallest absolute Gasteiger partial charge is 0.360 e. The number of thiol groups is 1. The van der Waals surface area contributed by atoms with E-state index in [0.29, 0.717) is 4.90 Å². The Bertz CT molecular complexity index is 1440. The number of aliphatic hydroxyl groups excluding tert-OH is 1. The molecule has 194 valence electrons. The minimum atomic E-state index is -5.58. The van der Waals surface area contributed by atoms with Gasteiger partial charge in [-0.05, 0) is 36.8 Å². The van der Waals surface area contributed by atoms with Gasteiger partial charge in [0.1, 0.15) is 11.3 Å². The largest absolute Gasteiger partial charge is 0.502 e. The van der Waals surface area contributed by atoms with Gasteiger partial charge in [0, 0.05) is 55.0 Å². The van der Waals surface area contributed by atoms with E-state index in [-0.39, 0.29) is 27.1 Å². The maximum absolute atomic E-state index is 13.2. The van der Waals surface area contributed by atoms with E-state index >= 15 is 0 Å². The lowest BCUT2D eigenvalue weighted by molar-refractivity contribution is -0.143. The highest BCUT2D eigenvalue weighted by Crippen LogP contribution is 2.41. The summed E-state index contributed by atoms with van der Waals surface area (Å²) < 4.78 is 42.2. The Kier molecular flexibility index (Phi) is 7.51. The molecule has 0 spiro atoms. The average Bonchev–Trinajstić information content (AvgIpc) is 3.06. The quantitative estimate of drug-likeness (QED) is 0.0923. The zero-order chi connectivity index (χ0) is 27.2. The van der Waals surface area contributed by atoms with Crippen molar-refractivity contribution in [1.29, 1.82) is 0 Å². The Morgan fingerprint density at radius 2 is 1.89 bits per heavy atom. The van der Waals surface area contributed by atoms with Crippen LogP contribution in [-0.4, -0.2) is 56.0 Å². The second-order valence-corrected chi connectivity index (χ2v) is 11.1. The number of nitrogens with zero attached hydrogens (tertiary/aromatic N) is 2. The SMILES string of the molecule is CC(=O)N(c1c(C)c2ccc(N)cc2oc1=O)C(CC(S)CC(O)=S)(N1C(=O)CCC1=O)S(=O)(=O)O. The molecule has 0 radical (unpaired) electrons. The Morgan fingerprint density at radius 1 is 1.31 bits per heavy atom. The van der Waals surface area contributed by atoms with Crippen LogP contribution in [0.1, 0.15) is 38.2 Å². The van der Waals surface area contributed by atoms with E-state index in [9.17, 15) is 37.3 Å². The fraction of sp³-hybridized carbons (Fsp3) is 0.381. The summed E-state index contributed by atoms with van der Waals surface area (Å²) in [5, 5.41) is 8.05. The van der Waals surface area contributed by atoms with Gasteiger partial charge < -0.3 is 15.3 Å². The van der Waals surface area contributed by atoms with Gasteiger partial charge in [-0.1, -0.05) is 0 Å². The molecule has 4 N–H and O–H groups in total. The van der Waals surface area contributed by atoms with Gasteiger partial charge in [0.15, 0.2) is 5.05 Å². The van der Waals surface area contributed by atoms with E-state index in [2.05, 4.69) is 24.8 Å². The molecule has 2 heterocycles. The molecule has 3 rings (SSSR count). The first kappa shape index (κ1) is 27.6. The molecule has 2 unspecified atom stereocenters. The highest BCUT2D eigenvalue weighted by Gasteiger charge is 2.62. The number of carbonyl (C=O) groups excluding carboxylic acids is 3. The summed E-state index contributed by atoms with van der Waals surface area (Å²) in [7, 11) is -5.58. The summed E-state index contributed by atoms with van der Waals surface area (Å²) in [5.41, 5.74) is 4.27. The van der Waals surface area contributed by atoms with Crippen molar-refractivity contribution < 1.29 is 36.9 Å². The van der Waals surface area contributed by atoms with Gasteiger partial charge in [-0.3, -0.25) is 23.8 Å². The predicted octanol–water partition coefficient (Wildman–Crippen LogP) is 1.69. The summed E-state index contributed by atoms with van der Waals surface area (Å²) in [6.45, 7) is 2.28. The standard InChI is InChI=1S/C21H23N3O9S3/c1-10-14-4-3-12(22)7-15(14)33-20(29)19(10)23(11(2)25)21(36(30,31)32,9-13(34)8-18(28)35)24-16(26)5-6-17(24)27/h3-4,7,13,34H,5-6,8-9,22H2,1-2H3,(H,28,35)(H,30,31,32). The molecule has 1 aliphatic rings. The van der Waals surface area contributed by atoms with Crippen LogP contribution in [0.15, 0.2) is 27.4 Å². The first-order valence-electron chi connectivity index (χ1n) is 10.5. The molecule has 2 aromatic rings.